The van der Waals surface area contributed by atoms with Gasteiger partial charge in [-0.1, -0.05) is 30.3 Å². The molecule has 1 aromatic heterocycles. The molecule has 2 N–H and O–H groups in total. The lowest BCUT2D eigenvalue weighted by Crippen LogP contribution is -2.27. The number of carbonyl (C=O) groups excluding carboxylic acids is 1. The Bertz CT molecular complexity index is 628. The number of nitrogens with one attached hydrogen (secondary N) is 2. The molecule has 1 heterocycles. The van der Waals surface area contributed by atoms with E-state index in [9.17, 15) is 4.79 Å². The zero-order valence-corrected chi connectivity index (χ0v) is 14.5. The molecule has 1 unspecified atom stereocenters. The Morgan fingerprint density at radius 2 is 1.88 bits per heavy atom. The first kappa shape index (κ1) is 17.9. The molecule has 24 heavy (non-hydrogen) atoms. The molecule has 0 saturated carbocycles. The molecule has 6 nitrogen and oxygen atoms in total. The Morgan fingerprint density at radius 1 is 1.12 bits per heavy atom. The predicted molar refractivity (Wildman–Crippen MR) is 96.0 cm³/mol. The zero-order valence-electron chi connectivity index (χ0n) is 14.5. The van der Waals surface area contributed by atoms with Crippen LogP contribution in [-0.2, 0) is 0 Å². The van der Waals surface area contributed by atoms with Crippen molar-refractivity contribution in [2.75, 3.05) is 32.5 Å². The van der Waals surface area contributed by atoms with Crippen LogP contribution in [-0.4, -0.2) is 48.2 Å². The Kier molecular flexibility index (Phi) is 6.69. The van der Waals surface area contributed by atoms with Gasteiger partial charge >= 0.3 is 0 Å². The van der Waals surface area contributed by atoms with Crippen molar-refractivity contribution >= 4 is 11.7 Å². The van der Waals surface area contributed by atoms with Crippen molar-refractivity contribution in [1.29, 1.82) is 0 Å². The number of aromatic nitrogens is 2. The van der Waals surface area contributed by atoms with E-state index in [4.69, 9.17) is 0 Å². The molecule has 0 fully saturated rings. The highest BCUT2D eigenvalue weighted by Crippen LogP contribution is 2.12. The first-order valence-electron chi connectivity index (χ1n) is 8.14. The second-order valence-electron chi connectivity index (χ2n) is 5.99. The molecule has 6 heteroatoms. The quantitative estimate of drug-likeness (QED) is 0.728. The van der Waals surface area contributed by atoms with E-state index in [-0.39, 0.29) is 11.9 Å². The molecular formula is C18H25N5O. The minimum Gasteiger partial charge on any atom is -0.369 e. The first-order valence-corrected chi connectivity index (χ1v) is 8.14. The highest BCUT2D eigenvalue weighted by molar-refractivity contribution is 5.92. The molecule has 2 rings (SSSR count). The van der Waals surface area contributed by atoms with E-state index < -0.39 is 0 Å². The molecular weight excluding hydrogens is 302 g/mol. The number of rotatable bonds is 8. The first-order chi connectivity index (χ1) is 11.6. The predicted octanol–water partition coefficient (Wildman–Crippen LogP) is 2.33. The Balaban J connectivity index is 1.84. The molecule has 128 valence electrons. The summed E-state index contributed by atoms with van der Waals surface area (Å²) in [5.41, 5.74) is 1.37. The van der Waals surface area contributed by atoms with Gasteiger partial charge in [0, 0.05) is 6.54 Å². The zero-order chi connectivity index (χ0) is 17.4. The van der Waals surface area contributed by atoms with Crippen LogP contribution in [0.15, 0.2) is 42.5 Å². The summed E-state index contributed by atoms with van der Waals surface area (Å²) in [5, 5.41) is 14.2. The number of benzene rings is 1. The van der Waals surface area contributed by atoms with Crippen LogP contribution in [0, 0.1) is 0 Å². The van der Waals surface area contributed by atoms with Crippen LogP contribution in [0.2, 0.25) is 0 Å². The van der Waals surface area contributed by atoms with Crippen molar-refractivity contribution in [2.45, 2.75) is 19.4 Å². The minimum atomic E-state index is -0.224. The summed E-state index contributed by atoms with van der Waals surface area (Å²) < 4.78 is 0. The van der Waals surface area contributed by atoms with Crippen LogP contribution in [0.25, 0.3) is 0 Å². The molecule has 0 bridgehead atoms. The minimum absolute atomic E-state index is 0.0793. The van der Waals surface area contributed by atoms with Crippen LogP contribution < -0.4 is 10.6 Å². The van der Waals surface area contributed by atoms with Crippen molar-refractivity contribution in [2.24, 2.45) is 0 Å². The van der Waals surface area contributed by atoms with E-state index in [1.807, 2.05) is 51.4 Å². The van der Waals surface area contributed by atoms with Gasteiger partial charge in [0.15, 0.2) is 5.69 Å². The summed E-state index contributed by atoms with van der Waals surface area (Å²) in [7, 11) is 4.09. The molecule has 1 aromatic carbocycles. The van der Waals surface area contributed by atoms with Crippen LogP contribution in [0.1, 0.15) is 35.4 Å². The van der Waals surface area contributed by atoms with Crippen LogP contribution in [0.5, 0.6) is 0 Å². The molecule has 1 amide bonds. The SMILES string of the molecule is CC(NC(=O)c1ccc(NCCCN(C)C)nn1)c1ccccc1. The molecule has 0 aliphatic rings. The molecule has 0 aliphatic heterocycles. The molecule has 0 spiro atoms. The maximum absolute atomic E-state index is 12.2. The van der Waals surface area contributed by atoms with Crippen molar-refractivity contribution < 1.29 is 4.79 Å². The van der Waals surface area contributed by atoms with E-state index in [1.165, 1.54) is 0 Å². The lowest BCUT2D eigenvalue weighted by molar-refractivity contribution is 0.0934. The van der Waals surface area contributed by atoms with Crippen molar-refractivity contribution in [3.63, 3.8) is 0 Å². The molecule has 1 atom stereocenters. The van der Waals surface area contributed by atoms with Crippen LogP contribution in [0.4, 0.5) is 5.82 Å². The Hall–Kier alpha value is -2.47. The van der Waals surface area contributed by atoms with Gasteiger partial charge in [0.1, 0.15) is 5.82 Å². The Morgan fingerprint density at radius 3 is 2.50 bits per heavy atom. The van der Waals surface area contributed by atoms with E-state index in [1.54, 1.807) is 12.1 Å². The molecule has 2 aromatic rings. The smallest absolute Gasteiger partial charge is 0.272 e. The van der Waals surface area contributed by atoms with Crippen molar-refractivity contribution in [3.8, 4) is 0 Å². The summed E-state index contributed by atoms with van der Waals surface area (Å²) in [5.74, 6) is 0.458. The monoisotopic (exact) mass is 327 g/mol. The van der Waals surface area contributed by atoms with E-state index in [2.05, 4.69) is 25.7 Å². The summed E-state index contributed by atoms with van der Waals surface area (Å²) >= 11 is 0. The second kappa shape index (κ2) is 8.98. The lowest BCUT2D eigenvalue weighted by atomic mass is 10.1. The normalized spacial score (nSPS) is 12.0. The molecule has 0 aliphatic carbocycles. The third-order valence-corrected chi connectivity index (χ3v) is 3.63. The highest BCUT2D eigenvalue weighted by atomic mass is 16.2. The summed E-state index contributed by atoms with van der Waals surface area (Å²) in [4.78, 5) is 14.4. The topological polar surface area (TPSA) is 70.2 Å². The van der Waals surface area contributed by atoms with E-state index >= 15 is 0 Å². The van der Waals surface area contributed by atoms with Gasteiger partial charge in [-0.25, -0.2) is 0 Å². The average molecular weight is 327 g/mol. The Labute approximate surface area is 143 Å². The fourth-order valence-electron chi connectivity index (χ4n) is 2.26. The summed E-state index contributed by atoms with van der Waals surface area (Å²) in [6, 6.07) is 13.2. The average Bonchev–Trinajstić information content (AvgIpc) is 2.59. The van der Waals surface area contributed by atoms with Gasteiger partial charge in [0.05, 0.1) is 6.04 Å². The third-order valence-electron chi connectivity index (χ3n) is 3.63. The van der Waals surface area contributed by atoms with Gasteiger partial charge in [-0.05, 0) is 51.7 Å². The summed E-state index contributed by atoms with van der Waals surface area (Å²) in [6.07, 6.45) is 1.02. The highest BCUT2D eigenvalue weighted by Gasteiger charge is 2.12. The maximum Gasteiger partial charge on any atom is 0.272 e. The third kappa shape index (κ3) is 5.62. The van der Waals surface area contributed by atoms with Gasteiger partial charge in [-0.15, -0.1) is 10.2 Å². The van der Waals surface area contributed by atoms with E-state index in [0.29, 0.717) is 11.5 Å². The standard InChI is InChI=1S/C18H25N5O/c1-14(15-8-5-4-6-9-15)20-18(24)16-10-11-17(22-21-16)19-12-7-13-23(2)3/h4-6,8-11,14H,7,12-13H2,1-3H3,(H,19,22)(H,20,24). The van der Waals surface area contributed by atoms with E-state index in [0.717, 1.165) is 25.1 Å². The van der Waals surface area contributed by atoms with Gasteiger partial charge in [0.25, 0.3) is 5.91 Å². The number of anilines is 1. The number of amides is 1. The lowest BCUT2D eigenvalue weighted by Gasteiger charge is -2.14. The van der Waals surface area contributed by atoms with Crippen LogP contribution >= 0.6 is 0 Å². The largest absolute Gasteiger partial charge is 0.369 e. The number of hydrogen-bond acceptors (Lipinski definition) is 5. The second-order valence-corrected chi connectivity index (χ2v) is 5.99. The van der Waals surface area contributed by atoms with Gasteiger partial charge in [-0.3, -0.25) is 4.79 Å². The number of carbonyl (C=O) groups is 1. The van der Waals surface area contributed by atoms with Crippen molar-refractivity contribution in [3.05, 3.63) is 53.7 Å². The fraction of sp³-hybridized carbons (Fsp3) is 0.389. The van der Waals surface area contributed by atoms with Crippen molar-refractivity contribution in [1.82, 2.24) is 20.4 Å². The van der Waals surface area contributed by atoms with Gasteiger partial charge < -0.3 is 15.5 Å². The van der Waals surface area contributed by atoms with Gasteiger partial charge in [0.2, 0.25) is 0 Å². The fourth-order valence-corrected chi connectivity index (χ4v) is 2.26. The number of hydrogen-bond donors (Lipinski definition) is 2. The maximum atomic E-state index is 12.2. The van der Waals surface area contributed by atoms with Gasteiger partial charge in [-0.2, -0.15) is 0 Å². The molecule has 0 saturated heterocycles. The molecule has 0 radical (unpaired) electrons. The summed E-state index contributed by atoms with van der Waals surface area (Å²) in [6.45, 7) is 3.78. The van der Waals surface area contributed by atoms with Crippen LogP contribution in [0.3, 0.4) is 0 Å². The number of nitrogens with zero attached hydrogens (tertiary/aromatic N) is 3.